The van der Waals surface area contributed by atoms with Gasteiger partial charge in [-0.2, -0.15) is 0 Å². The minimum atomic E-state index is -0.611. The largest absolute Gasteiger partial charge is 0.462 e. The molecule has 0 amide bonds. The molecule has 2 aromatic rings. The molecule has 0 aliphatic rings. The molecule has 2 aromatic carbocycles. The van der Waals surface area contributed by atoms with Crippen LogP contribution in [-0.4, -0.2) is 88.0 Å². The Morgan fingerprint density at radius 3 is 0.839 bits per heavy atom. The lowest BCUT2D eigenvalue weighted by atomic mass is 10.0. The highest BCUT2D eigenvalue weighted by atomic mass is 16.6. The van der Waals surface area contributed by atoms with E-state index in [1.54, 1.807) is 24.3 Å². The van der Waals surface area contributed by atoms with Crippen molar-refractivity contribution in [3.8, 4) is 0 Å². The summed E-state index contributed by atoms with van der Waals surface area (Å²) < 4.78 is 37.0. The highest BCUT2D eigenvalue weighted by Gasteiger charge is 2.23. The lowest BCUT2D eigenvalue weighted by molar-refractivity contribution is -0.141. The number of ether oxygens (including phenoxy) is 7. The Hall–Kier alpha value is -5.53. The molecular formula is C79H132O14. The summed E-state index contributed by atoms with van der Waals surface area (Å²) in [5.74, 6) is -1.39. The normalized spacial score (nSPS) is 11.1. The molecule has 0 saturated carbocycles. The second-order valence-electron chi connectivity index (χ2n) is 26.7. The van der Waals surface area contributed by atoms with E-state index in [1.165, 1.54) is 166 Å². The predicted octanol–water partition coefficient (Wildman–Crippen LogP) is 21.5. The van der Waals surface area contributed by atoms with Crippen LogP contribution in [0.15, 0.2) is 54.6 Å². The van der Waals surface area contributed by atoms with Crippen molar-refractivity contribution in [1.82, 2.24) is 0 Å². The number of benzene rings is 2. The summed E-state index contributed by atoms with van der Waals surface area (Å²) in [6.07, 6.45) is 43.8. The van der Waals surface area contributed by atoms with Crippen LogP contribution in [0.4, 0.5) is 0 Å². The minimum absolute atomic E-state index is 0.0583. The third-order valence-corrected chi connectivity index (χ3v) is 15.5. The Morgan fingerprint density at radius 1 is 0.290 bits per heavy atom. The third kappa shape index (κ3) is 52.4. The first-order valence-electron chi connectivity index (χ1n) is 37.0. The fourth-order valence-electron chi connectivity index (χ4n) is 9.88. The molecule has 2 rings (SSSR count). The molecule has 93 heavy (non-hydrogen) atoms. The van der Waals surface area contributed by atoms with Gasteiger partial charge in [0.05, 0.1) is 74.1 Å². The van der Waals surface area contributed by atoms with E-state index >= 15 is 0 Å². The summed E-state index contributed by atoms with van der Waals surface area (Å²) in [5, 5.41) is 0. The van der Waals surface area contributed by atoms with Crippen LogP contribution in [0.1, 0.15) is 359 Å². The quantitative estimate of drug-likeness (QED) is 0.0264. The summed E-state index contributed by atoms with van der Waals surface area (Å²) in [5.41, 5.74) is 1.03. The Bertz CT molecular complexity index is 2160. The van der Waals surface area contributed by atoms with Crippen LogP contribution in [0, 0.1) is 23.7 Å². The molecule has 14 nitrogen and oxygen atoms in total. The second kappa shape index (κ2) is 61.4. The van der Waals surface area contributed by atoms with Gasteiger partial charge in [0.2, 0.25) is 0 Å². The molecule has 0 spiro atoms. The standard InChI is InChI=1S/C34H58O4.C33H54O6.C12H20O4/c1-29(2)23-17-13-9-5-7-11-15-21-27-37-33(35)31-25-19-20-26-32(31)34(36)38-28-22-16-12-8-6-10-14-18-24-30(3)4;1-4-7-10-13-16-19-24-37-31(34)28-22-23-29(32(35)38-25-20-17-14-11-8-5-2)30(27-28)33(36)39-26-21-18-15-12-9-6-3;1-9(2)7-15-11(13)5-6-12(14)16-8-10(3)4/h19-20,25-26,29-30H,5-18,21-24,27-28H2,1-4H3;22-23,27H,4-21,24-26H2,1-3H3;5-6,9-10H,7-8H2,1-4H3/b;;6-5-. The summed E-state index contributed by atoms with van der Waals surface area (Å²) in [6, 6.07) is 11.2. The first kappa shape index (κ1) is 87.5. The average Bonchev–Trinajstić information content (AvgIpc) is 0.947. The van der Waals surface area contributed by atoms with E-state index in [-0.39, 0.29) is 35.1 Å². The van der Waals surface area contributed by atoms with E-state index < -0.39 is 41.8 Å². The highest BCUT2D eigenvalue weighted by Crippen LogP contribution is 2.20. The maximum atomic E-state index is 13.0. The number of rotatable bonds is 54. The van der Waals surface area contributed by atoms with E-state index in [0.29, 0.717) is 50.8 Å². The maximum Gasteiger partial charge on any atom is 0.339 e. The van der Waals surface area contributed by atoms with Gasteiger partial charge in [0.15, 0.2) is 0 Å². The SMILES string of the molecule is CC(C)CCCCCCCCCCOC(=O)c1ccccc1C(=O)OCCCCCCCCCCC(C)C.CC(C)COC(=O)/C=C\C(=O)OCC(C)C.CCCCCCCCOC(=O)c1ccc(C(=O)OCCCCCCCC)c(C(=O)OCCCCCCCC)c1. The molecule has 0 heterocycles. The van der Waals surface area contributed by atoms with Crippen LogP contribution in [0.2, 0.25) is 0 Å². The van der Waals surface area contributed by atoms with Gasteiger partial charge >= 0.3 is 41.8 Å². The van der Waals surface area contributed by atoms with E-state index in [0.717, 1.165) is 107 Å². The molecule has 0 atom stereocenters. The van der Waals surface area contributed by atoms with Crippen molar-refractivity contribution in [2.24, 2.45) is 23.7 Å². The molecule has 14 heteroatoms. The van der Waals surface area contributed by atoms with Crippen LogP contribution in [-0.2, 0) is 42.7 Å². The van der Waals surface area contributed by atoms with Crippen LogP contribution in [0.3, 0.4) is 0 Å². The van der Waals surface area contributed by atoms with Gasteiger partial charge in [0.25, 0.3) is 0 Å². The van der Waals surface area contributed by atoms with E-state index in [1.807, 2.05) is 27.7 Å². The second-order valence-corrected chi connectivity index (χ2v) is 26.7. The first-order chi connectivity index (χ1) is 44.9. The van der Waals surface area contributed by atoms with E-state index in [4.69, 9.17) is 33.2 Å². The summed E-state index contributed by atoms with van der Waals surface area (Å²) >= 11 is 0. The number of unbranched alkanes of at least 4 members (excludes halogenated alkanes) is 29. The Kier molecular flexibility index (Phi) is 57.7. The van der Waals surface area contributed by atoms with Gasteiger partial charge in [-0.3, -0.25) is 0 Å². The van der Waals surface area contributed by atoms with E-state index in [2.05, 4.69) is 48.5 Å². The van der Waals surface area contributed by atoms with Gasteiger partial charge in [-0.15, -0.1) is 0 Å². The molecule has 0 N–H and O–H groups in total. The van der Waals surface area contributed by atoms with Gasteiger partial charge in [0.1, 0.15) is 0 Å². The fraction of sp³-hybridized carbons (Fsp3) is 0.734. The molecule has 0 fully saturated rings. The zero-order valence-electron chi connectivity index (χ0n) is 60.6. The number of hydrogen-bond acceptors (Lipinski definition) is 14. The van der Waals surface area contributed by atoms with E-state index in [9.17, 15) is 33.6 Å². The fourth-order valence-corrected chi connectivity index (χ4v) is 9.88. The topological polar surface area (TPSA) is 184 Å². The highest BCUT2D eigenvalue weighted by molar-refractivity contribution is 6.05. The number of esters is 7. The first-order valence-corrected chi connectivity index (χ1v) is 37.0. The van der Waals surface area contributed by atoms with Crippen LogP contribution < -0.4 is 0 Å². The molecule has 0 aliphatic carbocycles. The van der Waals surface area contributed by atoms with Crippen molar-refractivity contribution < 1.29 is 66.7 Å². The van der Waals surface area contributed by atoms with Crippen LogP contribution >= 0.6 is 0 Å². The summed E-state index contributed by atoms with van der Waals surface area (Å²) in [7, 11) is 0. The van der Waals surface area contributed by atoms with Crippen LogP contribution in [0.5, 0.6) is 0 Å². The summed E-state index contributed by atoms with van der Waals surface area (Å²) in [6.45, 7) is 25.9. The van der Waals surface area contributed by atoms with Gasteiger partial charge in [-0.05, 0) is 86.1 Å². The molecule has 0 bridgehead atoms. The van der Waals surface area contributed by atoms with Gasteiger partial charge in [0, 0.05) is 12.2 Å². The third-order valence-electron chi connectivity index (χ3n) is 15.5. The van der Waals surface area contributed by atoms with Crippen molar-refractivity contribution in [3.63, 3.8) is 0 Å². The molecule has 532 valence electrons. The van der Waals surface area contributed by atoms with Crippen molar-refractivity contribution in [3.05, 3.63) is 82.4 Å². The smallest absolute Gasteiger partial charge is 0.339 e. The zero-order valence-corrected chi connectivity index (χ0v) is 60.6. The van der Waals surface area contributed by atoms with Gasteiger partial charge in [-0.1, -0.05) is 287 Å². The van der Waals surface area contributed by atoms with Crippen molar-refractivity contribution in [1.29, 1.82) is 0 Å². The van der Waals surface area contributed by atoms with Crippen LogP contribution in [0.25, 0.3) is 0 Å². The van der Waals surface area contributed by atoms with Crippen molar-refractivity contribution in [2.75, 3.05) is 46.2 Å². The molecule has 0 aromatic heterocycles. The van der Waals surface area contributed by atoms with Crippen molar-refractivity contribution in [2.45, 2.75) is 307 Å². The monoisotopic (exact) mass is 1300 g/mol. The van der Waals surface area contributed by atoms with Gasteiger partial charge in [-0.25, -0.2) is 33.6 Å². The predicted molar refractivity (Wildman–Crippen MR) is 378 cm³/mol. The lowest BCUT2D eigenvalue weighted by Gasteiger charge is -2.12. The number of hydrogen-bond donors (Lipinski definition) is 0. The lowest BCUT2D eigenvalue weighted by Crippen LogP contribution is -2.17. The summed E-state index contributed by atoms with van der Waals surface area (Å²) in [4.78, 5) is 85.8. The average molecular weight is 1310 g/mol. The molecule has 0 aliphatic heterocycles. The minimum Gasteiger partial charge on any atom is -0.462 e. The van der Waals surface area contributed by atoms with Gasteiger partial charge < -0.3 is 33.2 Å². The number of carbonyl (C=O) groups is 7. The van der Waals surface area contributed by atoms with Crippen molar-refractivity contribution >= 4 is 41.8 Å². The maximum absolute atomic E-state index is 13.0. The molecular weight excluding hydrogens is 1170 g/mol. The zero-order chi connectivity index (χ0) is 69.0. The molecule has 0 unspecified atom stereocenters. The molecule has 0 radical (unpaired) electrons. The number of carbonyl (C=O) groups excluding carboxylic acids is 7. The Labute approximate surface area is 565 Å². The Balaban J connectivity index is 0.00000148. The molecule has 0 saturated heterocycles. The Morgan fingerprint density at radius 2 is 0.548 bits per heavy atom.